The van der Waals surface area contributed by atoms with Gasteiger partial charge in [0.1, 0.15) is 0 Å². The zero-order valence-corrected chi connectivity index (χ0v) is 8.72. The highest BCUT2D eigenvalue weighted by Crippen LogP contribution is 2.11. The van der Waals surface area contributed by atoms with Crippen molar-refractivity contribution >= 4 is 5.91 Å². The number of ether oxygens (including phenoxy) is 1. The maximum absolute atomic E-state index is 11.3. The molecule has 0 spiro atoms. The molecule has 4 heteroatoms. The lowest BCUT2D eigenvalue weighted by atomic mass is 10.1. The quantitative estimate of drug-likeness (QED) is 0.588. The van der Waals surface area contributed by atoms with Gasteiger partial charge in [-0.3, -0.25) is 4.79 Å². The first-order valence-corrected chi connectivity index (χ1v) is 4.54. The molecule has 0 aliphatic heterocycles. The van der Waals surface area contributed by atoms with Gasteiger partial charge in [0, 0.05) is 13.7 Å². The molecule has 4 nitrogen and oxygen atoms in total. The summed E-state index contributed by atoms with van der Waals surface area (Å²) in [6, 6.07) is 0. The number of amides is 1. The van der Waals surface area contributed by atoms with Crippen LogP contribution in [0, 0.1) is 0 Å². The van der Waals surface area contributed by atoms with Gasteiger partial charge in [0.2, 0.25) is 5.91 Å². The SMILES string of the molecule is COC(C)(C)CC(=O)NCCCN. The number of methoxy groups -OCH3 is 1. The van der Waals surface area contributed by atoms with Gasteiger partial charge in [-0.2, -0.15) is 0 Å². The fourth-order valence-corrected chi connectivity index (χ4v) is 0.851. The molecule has 0 atom stereocenters. The van der Waals surface area contributed by atoms with E-state index in [1.807, 2.05) is 13.8 Å². The summed E-state index contributed by atoms with van der Waals surface area (Å²) < 4.78 is 5.13. The molecule has 0 aliphatic carbocycles. The van der Waals surface area contributed by atoms with Crippen molar-refractivity contribution in [3.8, 4) is 0 Å². The second-order valence-corrected chi connectivity index (χ2v) is 3.63. The average Bonchev–Trinajstić information content (AvgIpc) is 2.04. The molecule has 13 heavy (non-hydrogen) atoms. The van der Waals surface area contributed by atoms with Gasteiger partial charge in [-0.15, -0.1) is 0 Å². The summed E-state index contributed by atoms with van der Waals surface area (Å²) in [4.78, 5) is 11.3. The molecular weight excluding hydrogens is 168 g/mol. The Hall–Kier alpha value is -0.610. The van der Waals surface area contributed by atoms with Crippen molar-refractivity contribution < 1.29 is 9.53 Å². The summed E-state index contributed by atoms with van der Waals surface area (Å²) in [5.74, 6) is 0.0142. The highest BCUT2D eigenvalue weighted by molar-refractivity contribution is 5.76. The first-order valence-electron chi connectivity index (χ1n) is 4.54. The first-order chi connectivity index (χ1) is 6.02. The number of nitrogens with one attached hydrogen (secondary N) is 1. The van der Waals surface area contributed by atoms with Crippen LogP contribution in [-0.2, 0) is 9.53 Å². The Kier molecular flexibility index (Phi) is 5.66. The van der Waals surface area contributed by atoms with Gasteiger partial charge >= 0.3 is 0 Å². The van der Waals surface area contributed by atoms with E-state index in [1.54, 1.807) is 7.11 Å². The molecule has 0 radical (unpaired) electrons. The van der Waals surface area contributed by atoms with Crippen LogP contribution in [0.3, 0.4) is 0 Å². The van der Waals surface area contributed by atoms with E-state index >= 15 is 0 Å². The second-order valence-electron chi connectivity index (χ2n) is 3.63. The number of nitrogens with two attached hydrogens (primary N) is 1. The van der Waals surface area contributed by atoms with E-state index in [2.05, 4.69) is 5.32 Å². The third kappa shape index (κ3) is 6.54. The molecule has 1 amide bonds. The van der Waals surface area contributed by atoms with Crippen molar-refractivity contribution in [2.45, 2.75) is 32.3 Å². The van der Waals surface area contributed by atoms with Crippen molar-refractivity contribution in [3.63, 3.8) is 0 Å². The Morgan fingerprint density at radius 2 is 2.15 bits per heavy atom. The van der Waals surface area contributed by atoms with Crippen LogP contribution in [0.5, 0.6) is 0 Å². The topological polar surface area (TPSA) is 64.3 Å². The van der Waals surface area contributed by atoms with Gasteiger partial charge in [0.05, 0.1) is 12.0 Å². The lowest BCUT2D eigenvalue weighted by molar-refractivity contribution is -0.126. The molecule has 0 saturated carbocycles. The predicted molar refractivity (Wildman–Crippen MR) is 52.4 cm³/mol. The van der Waals surface area contributed by atoms with E-state index in [1.165, 1.54) is 0 Å². The highest BCUT2D eigenvalue weighted by atomic mass is 16.5. The maximum Gasteiger partial charge on any atom is 0.222 e. The van der Waals surface area contributed by atoms with E-state index in [-0.39, 0.29) is 11.5 Å². The van der Waals surface area contributed by atoms with Crippen LogP contribution in [-0.4, -0.2) is 31.7 Å². The third-order valence-electron chi connectivity index (χ3n) is 1.84. The normalized spacial score (nSPS) is 11.4. The molecule has 0 bridgehead atoms. The predicted octanol–water partition coefficient (Wildman–Crippen LogP) is 0.267. The average molecular weight is 188 g/mol. The van der Waals surface area contributed by atoms with Crippen molar-refractivity contribution in [2.24, 2.45) is 5.73 Å². The summed E-state index contributed by atoms with van der Waals surface area (Å²) in [5.41, 5.74) is 4.91. The standard InChI is InChI=1S/C9H20N2O2/c1-9(2,13-3)7-8(12)11-6-4-5-10/h4-7,10H2,1-3H3,(H,11,12). The van der Waals surface area contributed by atoms with E-state index in [0.29, 0.717) is 19.5 Å². The molecule has 0 aromatic carbocycles. The highest BCUT2D eigenvalue weighted by Gasteiger charge is 2.20. The molecule has 78 valence electrons. The summed E-state index contributed by atoms with van der Waals surface area (Å²) >= 11 is 0. The lowest BCUT2D eigenvalue weighted by Gasteiger charge is -2.21. The van der Waals surface area contributed by atoms with Gasteiger partial charge < -0.3 is 15.8 Å². The fourth-order valence-electron chi connectivity index (χ4n) is 0.851. The molecular formula is C9H20N2O2. The molecule has 0 fully saturated rings. The van der Waals surface area contributed by atoms with Crippen LogP contribution >= 0.6 is 0 Å². The number of carbonyl (C=O) groups is 1. The number of hydrogen-bond donors (Lipinski definition) is 2. The summed E-state index contributed by atoms with van der Waals surface area (Å²) in [6.45, 7) is 5.02. The van der Waals surface area contributed by atoms with Crippen molar-refractivity contribution in [1.29, 1.82) is 0 Å². The number of carbonyl (C=O) groups excluding carboxylic acids is 1. The van der Waals surface area contributed by atoms with Crippen LogP contribution in [0.4, 0.5) is 0 Å². The monoisotopic (exact) mass is 188 g/mol. The number of hydrogen-bond acceptors (Lipinski definition) is 3. The van der Waals surface area contributed by atoms with Crippen LogP contribution in [0.15, 0.2) is 0 Å². The second kappa shape index (κ2) is 5.94. The first kappa shape index (κ1) is 12.4. The van der Waals surface area contributed by atoms with E-state index < -0.39 is 0 Å². The van der Waals surface area contributed by atoms with Gasteiger partial charge in [0.15, 0.2) is 0 Å². The zero-order valence-electron chi connectivity index (χ0n) is 8.72. The van der Waals surface area contributed by atoms with Crippen molar-refractivity contribution in [2.75, 3.05) is 20.2 Å². The minimum Gasteiger partial charge on any atom is -0.378 e. The molecule has 0 aromatic rings. The van der Waals surface area contributed by atoms with Crippen molar-refractivity contribution in [3.05, 3.63) is 0 Å². The van der Waals surface area contributed by atoms with E-state index in [4.69, 9.17) is 10.5 Å². The minimum atomic E-state index is -0.382. The molecule has 0 aromatic heterocycles. The van der Waals surface area contributed by atoms with Crippen LogP contribution < -0.4 is 11.1 Å². The molecule has 0 heterocycles. The number of rotatable bonds is 6. The summed E-state index contributed by atoms with van der Waals surface area (Å²) in [5, 5.41) is 2.78. The van der Waals surface area contributed by atoms with Gasteiger partial charge in [0.25, 0.3) is 0 Å². The van der Waals surface area contributed by atoms with E-state index in [0.717, 1.165) is 6.42 Å². The maximum atomic E-state index is 11.3. The largest absolute Gasteiger partial charge is 0.378 e. The van der Waals surface area contributed by atoms with Gasteiger partial charge in [-0.25, -0.2) is 0 Å². The summed E-state index contributed by atoms with van der Waals surface area (Å²) in [7, 11) is 1.60. The summed E-state index contributed by atoms with van der Waals surface area (Å²) in [6.07, 6.45) is 1.20. The van der Waals surface area contributed by atoms with Gasteiger partial charge in [-0.05, 0) is 26.8 Å². The van der Waals surface area contributed by atoms with Crippen LogP contribution in [0.25, 0.3) is 0 Å². The van der Waals surface area contributed by atoms with E-state index in [9.17, 15) is 4.79 Å². The Balaban J connectivity index is 3.62. The molecule has 0 aliphatic rings. The minimum absolute atomic E-state index is 0.0142. The Morgan fingerprint density at radius 1 is 1.54 bits per heavy atom. The van der Waals surface area contributed by atoms with Crippen LogP contribution in [0.1, 0.15) is 26.7 Å². The molecule has 0 unspecified atom stereocenters. The molecule has 0 saturated heterocycles. The Labute approximate surface area is 79.8 Å². The Bertz CT molecular complexity index is 158. The Morgan fingerprint density at radius 3 is 2.62 bits per heavy atom. The zero-order chi connectivity index (χ0) is 10.3. The lowest BCUT2D eigenvalue weighted by Crippen LogP contribution is -2.34. The smallest absolute Gasteiger partial charge is 0.222 e. The third-order valence-corrected chi connectivity index (χ3v) is 1.84. The van der Waals surface area contributed by atoms with Crippen LogP contribution in [0.2, 0.25) is 0 Å². The van der Waals surface area contributed by atoms with Gasteiger partial charge in [-0.1, -0.05) is 0 Å². The fraction of sp³-hybridized carbons (Fsp3) is 0.889. The molecule has 3 N–H and O–H groups in total. The van der Waals surface area contributed by atoms with Crippen molar-refractivity contribution in [1.82, 2.24) is 5.32 Å². The molecule has 0 rings (SSSR count).